The molecule has 0 atom stereocenters. The van der Waals surface area contributed by atoms with Gasteiger partial charge in [-0.15, -0.1) is 37.8 Å². The van der Waals surface area contributed by atoms with Crippen LogP contribution in [0.1, 0.15) is 0 Å². The molecule has 4 heteroatoms. The maximum Gasteiger partial charge on any atom is 0 e. The number of nitrogens with two attached hydrogens (primary N) is 2. The molecule has 0 aromatic heterocycles. The summed E-state index contributed by atoms with van der Waals surface area (Å²) in [5.41, 5.74) is 4.50. The van der Waals surface area contributed by atoms with Crippen LogP contribution in [0.4, 0.5) is 0 Å². The molecule has 0 heterocycles. The van der Waals surface area contributed by atoms with Crippen LogP contribution in [0.25, 0.3) is 12.3 Å². The third kappa shape index (κ3) is 62100. The SMILES string of the molecule is C=C.C=C.C=C=C.C=C=C.[CH3-].[CH3-].[CH3-].[CH3-].[NH2-].[NH2-].[Pd].[Pd]. The Hall–Kier alpha value is -0.235. The predicted octanol–water partition coefficient (Wildman–Crippen LogP) is 6.75. The van der Waals surface area contributed by atoms with Crippen LogP contribution in [0.15, 0.2) is 64.1 Å². The molecule has 0 radical (unpaired) electrons. The van der Waals surface area contributed by atoms with Gasteiger partial charge in [-0.1, -0.05) is 26.3 Å². The van der Waals surface area contributed by atoms with Crippen molar-refractivity contribution in [3.8, 4) is 0 Å². The van der Waals surface area contributed by atoms with Gasteiger partial charge in [0.05, 0.1) is 0 Å². The van der Waals surface area contributed by atoms with Gasteiger partial charge in [0.2, 0.25) is 0 Å². The summed E-state index contributed by atoms with van der Waals surface area (Å²) in [4.78, 5) is 0. The van der Waals surface area contributed by atoms with E-state index in [1.165, 1.54) is 0 Å². The van der Waals surface area contributed by atoms with E-state index < -0.39 is 0 Å². The number of hydrogen-bond acceptors (Lipinski definition) is 0. The molecular weight excluding hydrogens is 409 g/mol. The molecule has 0 aliphatic heterocycles. The molecule has 0 rings (SSSR count). The molecule has 124 valence electrons. The Morgan fingerprint density at radius 2 is 0.444 bits per heavy atom. The molecular formula is C14H32N2Pd2-6. The zero-order valence-electron chi connectivity index (χ0n) is 12.4. The van der Waals surface area contributed by atoms with Gasteiger partial charge in [-0.25, -0.2) is 0 Å². The molecule has 0 bridgehead atoms. The Morgan fingerprint density at radius 1 is 0.444 bits per heavy atom. The van der Waals surface area contributed by atoms with Gasteiger partial charge in [0.25, 0.3) is 0 Å². The van der Waals surface area contributed by atoms with Crippen molar-refractivity contribution in [1.29, 1.82) is 0 Å². The van der Waals surface area contributed by atoms with Crippen LogP contribution >= 0.6 is 0 Å². The van der Waals surface area contributed by atoms with Crippen molar-refractivity contribution in [2.45, 2.75) is 0 Å². The fraction of sp³-hybridized carbons (Fsp3) is 0. The van der Waals surface area contributed by atoms with E-state index >= 15 is 0 Å². The van der Waals surface area contributed by atoms with Crippen molar-refractivity contribution in [2.75, 3.05) is 0 Å². The molecule has 0 aliphatic rings. The molecule has 0 saturated heterocycles. The van der Waals surface area contributed by atoms with E-state index in [-0.39, 0.29) is 82.9 Å². The van der Waals surface area contributed by atoms with E-state index in [1.54, 1.807) is 0 Å². The first-order valence-corrected chi connectivity index (χ1v) is 2.41. The van der Waals surface area contributed by atoms with E-state index in [1.807, 2.05) is 0 Å². The van der Waals surface area contributed by atoms with Gasteiger partial charge in [0, 0.05) is 40.8 Å². The molecule has 18 heavy (non-hydrogen) atoms. The molecule has 0 aromatic carbocycles. The standard InChI is InChI=1S/2C3H4.2C2H4.4CH3.2H2N.2Pd/c2*1-3-2;2*1-2;;;;;;;;/h2*1-2H2;2*1-2H2;4*1H3;2*1H2;;/q;;;;6*-1;;. The van der Waals surface area contributed by atoms with E-state index in [0.717, 1.165) is 0 Å². The third-order valence-electron chi connectivity index (χ3n) is 0. The van der Waals surface area contributed by atoms with Gasteiger partial charge in [-0.05, 0) is 0 Å². The van der Waals surface area contributed by atoms with Crippen LogP contribution in [-0.2, 0) is 40.8 Å². The van der Waals surface area contributed by atoms with Crippen LogP contribution in [0, 0.1) is 29.7 Å². The van der Waals surface area contributed by atoms with E-state index in [9.17, 15) is 0 Å². The molecule has 0 spiro atoms. The first kappa shape index (κ1) is 150. The Balaban J connectivity index is -0.00000000235. The number of rotatable bonds is 0. The van der Waals surface area contributed by atoms with Crippen LogP contribution in [0.5, 0.6) is 0 Å². The minimum Gasteiger partial charge on any atom is -0.693 e. The average molecular weight is 441 g/mol. The van der Waals surface area contributed by atoms with Gasteiger partial charge in [0.1, 0.15) is 0 Å². The molecule has 0 amide bonds. The monoisotopic (exact) mass is 440 g/mol. The molecule has 0 aromatic rings. The Kier molecular flexibility index (Phi) is 11200. The van der Waals surface area contributed by atoms with Crippen LogP contribution in [0.3, 0.4) is 0 Å². The summed E-state index contributed by atoms with van der Waals surface area (Å²) >= 11 is 0. The summed E-state index contributed by atoms with van der Waals surface area (Å²) in [6.45, 7) is 24.5. The second kappa shape index (κ2) is 1340. The van der Waals surface area contributed by atoms with Crippen molar-refractivity contribution in [3.63, 3.8) is 0 Å². The van der Waals surface area contributed by atoms with Crippen molar-refractivity contribution in [1.82, 2.24) is 0 Å². The van der Waals surface area contributed by atoms with Crippen LogP contribution < -0.4 is 0 Å². The Morgan fingerprint density at radius 3 is 0.444 bits per heavy atom. The quantitative estimate of drug-likeness (QED) is 0.173. The zero-order valence-corrected chi connectivity index (χ0v) is 15.6. The second-order valence-corrected chi connectivity index (χ2v) is 0.500. The molecule has 0 saturated carbocycles. The summed E-state index contributed by atoms with van der Waals surface area (Å²) < 4.78 is 0. The number of hydrogen-bond donors (Lipinski definition) is 0. The molecule has 0 unspecified atom stereocenters. The summed E-state index contributed by atoms with van der Waals surface area (Å²) in [5, 5.41) is 0. The minimum atomic E-state index is 0. The van der Waals surface area contributed by atoms with E-state index in [2.05, 4.69) is 64.1 Å². The summed E-state index contributed by atoms with van der Waals surface area (Å²) in [6, 6.07) is 0. The van der Waals surface area contributed by atoms with Gasteiger partial charge < -0.3 is 42.0 Å². The van der Waals surface area contributed by atoms with Crippen LogP contribution in [0.2, 0.25) is 0 Å². The topological polar surface area (TPSA) is 67.0 Å². The van der Waals surface area contributed by atoms with Crippen LogP contribution in [-0.4, -0.2) is 0 Å². The van der Waals surface area contributed by atoms with E-state index in [4.69, 9.17) is 0 Å². The first-order valence-electron chi connectivity index (χ1n) is 2.41. The Labute approximate surface area is 146 Å². The summed E-state index contributed by atoms with van der Waals surface area (Å²) in [7, 11) is 0. The summed E-state index contributed by atoms with van der Waals surface area (Å²) in [5.74, 6) is 0. The summed E-state index contributed by atoms with van der Waals surface area (Å²) in [6.07, 6.45) is 0. The molecule has 2 nitrogen and oxygen atoms in total. The molecule has 0 aliphatic carbocycles. The van der Waals surface area contributed by atoms with Crippen molar-refractivity contribution in [3.05, 3.63) is 106 Å². The van der Waals surface area contributed by atoms with E-state index in [0.29, 0.717) is 0 Å². The second-order valence-electron chi connectivity index (χ2n) is 0.500. The maximum atomic E-state index is 3.12. The normalized spacial score (nSPS) is 1.33. The van der Waals surface area contributed by atoms with Gasteiger partial charge >= 0.3 is 0 Å². The third-order valence-corrected chi connectivity index (χ3v) is 0. The van der Waals surface area contributed by atoms with Gasteiger partial charge in [0.15, 0.2) is 0 Å². The predicted molar refractivity (Wildman–Crippen MR) is 88.3 cm³/mol. The fourth-order valence-corrected chi connectivity index (χ4v) is 0. The molecule has 4 N–H and O–H groups in total. The minimum absolute atomic E-state index is 0. The van der Waals surface area contributed by atoms with Gasteiger partial charge in [-0.2, -0.15) is 0 Å². The largest absolute Gasteiger partial charge is 0.693 e. The van der Waals surface area contributed by atoms with Crippen molar-refractivity contribution < 1.29 is 40.8 Å². The average Bonchev–Trinajstić information content (AvgIpc) is 1.99. The van der Waals surface area contributed by atoms with Crippen molar-refractivity contribution >= 4 is 0 Å². The smallest absolute Gasteiger partial charge is 0 e. The molecule has 0 fully saturated rings. The Bertz CT molecular complexity index is 90.4. The van der Waals surface area contributed by atoms with Crippen molar-refractivity contribution in [2.24, 2.45) is 0 Å². The fourth-order valence-electron chi connectivity index (χ4n) is 0. The first-order chi connectivity index (χ1) is 4.83. The maximum absolute atomic E-state index is 3.12. The zero-order chi connectivity index (χ0) is 9.41. The van der Waals surface area contributed by atoms with Gasteiger partial charge in [-0.3, -0.25) is 0 Å².